The predicted molar refractivity (Wildman–Crippen MR) is 40.3 cm³/mol. The second-order valence-electron chi connectivity index (χ2n) is 0.816. The van der Waals surface area contributed by atoms with Crippen LogP contribution in [0.3, 0.4) is 0 Å². The SMILES string of the molecule is C=[CH][SnH3].C=[CH][SnH3]. The van der Waals surface area contributed by atoms with Crippen LogP contribution in [0, 0.1) is 0 Å². The molecule has 0 rings (SSSR count). The van der Waals surface area contributed by atoms with Gasteiger partial charge in [0.15, 0.2) is 0 Å². The van der Waals surface area contributed by atoms with Crippen LogP contribution >= 0.6 is 0 Å². The average molecular weight is 298 g/mol. The van der Waals surface area contributed by atoms with E-state index in [1.807, 2.05) is 8.18 Å². The summed E-state index contributed by atoms with van der Waals surface area (Å²) in [6.07, 6.45) is 0. The second-order valence-corrected chi connectivity index (χ2v) is 5.48. The van der Waals surface area contributed by atoms with Crippen LogP contribution in [0.15, 0.2) is 21.3 Å². The van der Waals surface area contributed by atoms with E-state index in [0.717, 1.165) is 45.0 Å². The molecule has 0 spiro atoms. The normalized spacial score (nSPS) is 5.33. The van der Waals surface area contributed by atoms with E-state index in [4.69, 9.17) is 0 Å². The summed E-state index contributed by atoms with van der Waals surface area (Å²) in [5, 5.41) is 0. The molecule has 0 aliphatic heterocycles. The quantitative estimate of drug-likeness (QED) is 0.503. The van der Waals surface area contributed by atoms with Crippen molar-refractivity contribution in [3.8, 4) is 0 Å². The minimum atomic E-state index is 0.746. The zero-order chi connectivity index (χ0) is 5.41. The molecule has 0 aliphatic carbocycles. The maximum atomic E-state index is 3.45. The Hall–Kier alpha value is 1.08. The topological polar surface area (TPSA) is 0 Å². The Morgan fingerprint density at radius 1 is 1.00 bits per heavy atom. The summed E-state index contributed by atoms with van der Waals surface area (Å²) in [4.78, 5) is 0. The molecule has 0 heterocycles. The minimum absolute atomic E-state index is 0.746. The predicted octanol–water partition coefficient (Wildman–Crippen LogP) is -1.01. The van der Waals surface area contributed by atoms with Gasteiger partial charge in [-0.3, -0.25) is 0 Å². The summed E-state index contributed by atoms with van der Waals surface area (Å²) in [6, 6.07) is 0. The van der Waals surface area contributed by atoms with E-state index in [1.165, 1.54) is 0 Å². The summed E-state index contributed by atoms with van der Waals surface area (Å²) in [5.74, 6) is 0. The molecule has 0 bridgehead atoms. The molecule has 0 saturated carbocycles. The van der Waals surface area contributed by atoms with Crippen molar-refractivity contribution in [2.75, 3.05) is 0 Å². The molecule has 0 aliphatic rings. The maximum absolute atomic E-state index is 3.45. The number of rotatable bonds is 0. The average Bonchev–Trinajstić information content (AvgIpc) is 1.39. The van der Waals surface area contributed by atoms with Gasteiger partial charge in [0.2, 0.25) is 0 Å². The summed E-state index contributed by atoms with van der Waals surface area (Å²) in [5.41, 5.74) is 0. The van der Waals surface area contributed by atoms with Gasteiger partial charge in [-0.25, -0.2) is 0 Å². The van der Waals surface area contributed by atoms with Gasteiger partial charge in [-0.05, 0) is 0 Å². The van der Waals surface area contributed by atoms with Gasteiger partial charge in [0.05, 0.1) is 0 Å². The Morgan fingerprint density at radius 2 is 1.00 bits per heavy atom. The fourth-order valence-corrected chi connectivity index (χ4v) is 0. The van der Waals surface area contributed by atoms with Crippen LogP contribution in [-0.2, 0) is 0 Å². The van der Waals surface area contributed by atoms with Crippen molar-refractivity contribution in [1.82, 2.24) is 0 Å². The molecule has 36 valence electrons. The van der Waals surface area contributed by atoms with Gasteiger partial charge in [-0.15, -0.1) is 0 Å². The number of hydrogen-bond acceptors (Lipinski definition) is 0. The van der Waals surface area contributed by atoms with Gasteiger partial charge in [-0.1, -0.05) is 0 Å². The first-order chi connectivity index (χ1) is 2.83. The Bertz CT molecular complexity index is 26.5. The molecular weight excluding hydrogens is 285 g/mol. The molecule has 2 heteroatoms. The van der Waals surface area contributed by atoms with Crippen molar-refractivity contribution in [2.24, 2.45) is 0 Å². The molecule has 6 heavy (non-hydrogen) atoms. The zero-order valence-electron chi connectivity index (χ0n) is 4.57. The van der Waals surface area contributed by atoms with Crippen molar-refractivity contribution in [3.05, 3.63) is 21.3 Å². The van der Waals surface area contributed by atoms with E-state index in [0.29, 0.717) is 0 Å². The Labute approximate surface area is 65.9 Å². The number of hydrogen-bond donors (Lipinski definition) is 0. The molecule has 0 aromatic carbocycles. The van der Waals surface area contributed by atoms with E-state index in [1.54, 1.807) is 0 Å². The van der Waals surface area contributed by atoms with Gasteiger partial charge in [-0.2, -0.15) is 0 Å². The van der Waals surface area contributed by atoms with Crippen LogP contribution in [0.25, 0.3) is 0 Å². The van der Waals surface area contributed by atoms with Gasteiger partial charge in [0.25, 0.3) is 0 Å². The molecular formula is C4H12Sn2. The van der Waals surface area contributed by atoms with E-state index in [9.17, 15) is 0 Å². The molecule has 0 N–H and O–H groups in total. The third kappa shape index (κ3) is 72.7. The fraction of sp³-hybridized carbons (Fsp3) is 0. The molecule has 0 unspecified atom stereocenters. The first-order valence-electron chi connectivity index (χ1n) is 1.97. The van der Waals surface area contributed by atoms with Crippen LogP contribution in [0.4, 0.5) is 0 Å². The second kappa shape index (κ2) is 16.5. The molecule has 0 aromatic heterocycles. The van der Waals surface area contributed by atoms with Crippen molar-refractivity contribution in [1.29, 1.82) is 0 Å². The van der Waals surface area contributed by atoms with Gasteiger partial charge < -0.3 is 0 Å². The molecule has 0 nitrogen and oxygen atoms in total. The summed E-state index contributed by atoms with van der Waals surface area (Å²) >= 11 is 1.49. The van der Waals surface area contributed by atoms with Gasteiger partial charge in [0.1, 0.15) is 0 Å². The van der Waals surface area contributed by atoms with Gasteiger partial charge >= 0.3 is 66.4 Å². The molecule has 0 radical (unpaired) electrons. The third-order valence-electron chi connectivity index (χ3n) is 0. The standard InChI is InChI=1S/2C2H3.2Sn.6H/c2*1-2;;;;;;;;/h2*1H,2H2;;;;;;;;. The van der Waals surface area contributed by atoms with E-state index >= 15 is 0 Å². The Kier molecular flexibility index (Phi) is 28.0. The monoisotopic (exact) mass is 300 g/mol. The summed E-state index contributed by atoms with van der Waals surface area (Å²) < 4.78 is 3.92. The Balaban J connectivity index is 0. The van der Waals surface area contributed by atoms with Crippen LogP contribution in [0.1, 0.15) is 0 Å². The zero-order valence-corrected chi connectivity index (χ0v) is 16.0. The van der Waals surface area contributed by atoms with Crippen LogP contribution in [-0.4, -0.2) is 45.0 Å². The summed E-state index contributed by atoms with van der Waals surface area (Å²) in [6.45, 7) is 6.91. The van der Waals surface area contributed by atoms with Crippen molar-refractivity contribution >= 4 is 45.0 Å². The first-order valence-corrected chi connectivity index (χ1v) is 8.56. The van der Waals surface area contributed by atoms with E-state index in [-0.39, 0.29) is 0 Å². The van der Waals surface area contributed by atoms with Crippen molar-refractivity contribution in [3.63, 3.8) is 0 Å². The van der Waals surface area contributed by atoms with Gasteiger partial charge in [0, 0.05) is 0 Å². The third-order valence-corrected chi connectivity index (χ3v) is 0. The van der Waals surface area contributed by atoms with Crippen molar-refractivity contribution in [2.45, 2.75) is 0 Å². The molecule has 0 amide bonds. The molecule has 0 atom stereocenters. The first kappa shape index (κ1) is 10.1. The Morgan fingerprint density at radius 3 is 1.00 bits per heavy atom. The van der Waals surface area contributed by atoms with Crippen LogP contribution in [0.2, 0.25) is 0 Å². The van der Waals surface area contributed by atoms with Crippen LogP contribution in [0.5, 0.6) is 0 Å². The fourth-order valence-electron chi connectivity index (χ4n) is 0. The molecule has 0 aromatic rings. The van der Waals surface area contributed by atoms with Crippen LogP contribution < -0.4 is 0 Å². The molecule has 0 saturated heterocycles. The van der Waals surface area contributed by atoms with Crippen molar-refractivity contribution < 1.29 is 0 Å². The summed E-state index contributed by atoms with van der Waals surface area (Å²) in [7, 11) is 0. The van der Waals surface area contributed by atoms with E-state index in [2.05, 4.69) is 13.2 Å². The van der Waals surface area contributed by atoms with E-state index < -0.39 is 0 Å². The molecule has 0 fully saturated rings.